The summed E-state index contributed by atoms with van der Waals surface area (Å²) >= 11 is 0. The summed E-state index contributed by atoms with van der Waals surface area (Å²) in [6, 6.07) is 4.18. The highest BCUT2D eigenvalue weighted by Gasteiger charge is 2.26. The Balaban J connectivity index is 0.00000200. The predicted octanol–water partition coefficient (Wildman–Crippen LogP) is 1.20. The summed E-state index contributed by atoms with van der Waals surface area (Å²) in [6.45, 7) is 1.07. The van der Waals surface area contributed by atoms with Crippen molar-refractivity contribution in [2.24, 2.45) is 5.73 Å². The van der Waals surface area contributed by atoms with E-state index in [0.29, 0.717) is 13.1 Å². The average molecular weight is 302 g/mol. The molecule has 8 heteroatoms. The van der Waals surface area contributed by atoms with E-state index in [1.54, 1.807) is 4.90 Å². The summed E-state index contributed by atoms with van der Waals surface area (Å²) in [6.07, 6.45) is 0.754. The molecule has 1 aromatic carbocycles. The molecule has 1 aliphatic rings. The number of nitrogens with zero attached hydrogens (tertiary/aromatic N) is 2. The highest BCUT2D eigenvalue weighted by atomic mass is 35.5. The molecule has 7 nitrogen and oxygen atoms in total. The number of likely N-dealkylation sites (tertiary alicyclic amines) is 1. The van der Waals surface area contributed by atoms with Crippen LogP contribution in [-0.4, -0.2) is 42.0 Å². The molecule has 0 bridgehead atoms. The van der Waals surface area contributed by atoms with Crippen LogP contribution in [0, 0.1) is 10.1 Å². The van der Waals surface area contributed by atoms with Gasteiger partial charge in [0.15, 0.2) is 5.75 Å². The van der Waals surface area contributed by atoms with Crippen LogP contribution in [0.2, 0.25) is 0 Å². The number of benzene rings is 1. The smallest absolute Gasteiger partial charge is 0.311 e. The van der Waals surface area contributed by atoms with Gasteiger partial charge in [0.25, 0.3) is 5.91 Å². The van der Waals surface area contributed by atoms with Gasteiger partial charge in [0.2, 0.25) is 0 Å². The standard InChI is InChI=1S/C12H15N3O4.ClH/c1-19-11-3-2-8(6-10(11)15(17)18)12(16)14-5-4-9(13)7-14;/h2-3,6,9H,4-5,7,13H2,1H3;1H/t9-;/m0./s1. The Hall–Kier alpha value is -1.86. The number of ether oxygens (including phenoxy) is 1. The van der Waals surface area contributed by atoms with Crippen molar-refractivity contribution in [2.75, 3.05) is 20.2 Å². The number of carbonyl (C=O) groups excluding carboxylic acids is 1. The lowest BCUT2D eigenvalue weighted by atomic mass is 10.1. The zero-order valence-corrected chi connectivity index (χ0v) is 11.8. The number of rotatable bonds is 3. The average Bonchev–Trinajstić information content (AvgIpc) is 2.83. The van der Waals surface area contributed by atoms with Crippen LogP contribution < -0.4 is 10.5 Å². The van der Waals surface area contributed by atoms with Gasteiger partial charge in [-0.3, -0.25) is 14.9 Å². The van der Waals surface area contributed by atoms with Gasteiger partial charge in [-0.1, -0.05) is 0 Å². The molecule has 0 aromatic heterocycles. The Morgan fingerprint density at radius 3 is 2.75 bits per heavy atom. The summed E-state index contributed by atoms with van der Waals surface area (Å²) in [5, 5.41) is 10.9. The summed E-state index contributed by atoms with van der Waals surface area (Å²) in [5.74, 6) is -0.0987. The van der Waals surface area contributed by atoms with Crippen LogP contribution in [0.3, 0.4) is 0 Å². The van der Waals surface area contributed by atoms with Crippen LogP contribution in [0.5, 0.6) is 5.75 Å². The maximum Gasteiger partial charge on any atom is 0.311 e. The van der Waals surface area contributed by atoms with Crippen LogP contribution in [0.25, 0.3) is 0 Å². The first kappa shape index (κ1) is 16.2. The third-order valence-electron chi connectivity index (χ3n) is 3.13. The summed E-state index contributed by atoms with van der Waals surface area (Å²) < 4.78 is 4.90. The molecule has 1 heterocycles. The van der Waals surface area contributed by atoms with Crippen LogP contribution >= 0.6 is 12.4 Å². The first-order chi connectivity index (χ1) is 9.02. The maximum atomic E-state index is 12.2. The van der Waals surface area contributed by atoms with E-state index < -0.39 is 4.92 Å². The minimum Gasteiger partial charge on any atom is -0.490 e. The zero-order chi connectivity index (χ0) is 14.0. The predicted molar refractivity (Wildman–Crippen MR) is 75.4 cm³/mol. The van der Waals surface area contributed by atoms with Crippen LogP contribution in [0.15, 0.2) is 18.2 Å². The number of carbonyl (C=O) groups is 1. The number of methoxy groups -OCH3 is 1. The van der Waals surface area contributed by atoms with Crippen molar-refractivity contribution >= 4 is 24.0 Å². The van der Waals surface area contributed by atoms with Gasteiger partial charge in [0.1, 0.15) is 0 Å². The third kappa shape index (κ3) is 3.17. The van der Waals surface area contributed by atoms with Gasteiger partial charge in [0.05, 0.1) is 12.0 Å². The molecule has 1 aromatic rings. The molecule has 0 aliphatic carbocycles. The SMILES string of the molecule is COc1ccc(C(=O)N2CC[C@H](N)C2)cc1[N+](=O)[O-].Cl. The van der Waals surface area contributed by atoms with Crippen molar-refractivity contribution < 1.29 is 14.5 Å². The molecule has 20 heavy (non-hydrogen) atoms. The molecular weight excluding hydrogens is 286 g/mol. The molecule has 1 aliphatic heterocycles. The molecule has 1 saturated heterocycles. The summed E-state index contributed by atoms with van der Waals surface area (Å²) in [7, 11) is 1.35. The fourth-order valence-electron chi connectivity index (χ4n) is 2.12. The highest BCUT2D eigenvalue weighted by Crippen LogP contribution is 2.28. The van der Waals surface area contributed by atoms with E-state index in [1.165, 1.54) is 25.3 Å². The van der Waals surface area contributed by atoms with Crippen LogP contribution in [0.1, 0.15) is 16.8 Å². The van der Waals surface area contributed by atoms with E-state index in [1.807, 2.05) is 0 Å². The summed E-state index contributed by atoms with van der Waals surface area (Å²) in [4.78, 5) is 24.1. The molecule has 1 atom stereocenters. The first-order valence-corrected chi connectivity index (χ1v) is 5.90. The second-order valence-corrected chi connectivity index (χ2v) is 4.44. The Bertz CT molecular complexity index is 523. The molecule has 0 spiro atoms. The topological polar surface area (TPSA) is 98.7 Å². The van der Waals surface area contributed by atoms with E-state index in [0.717, 1.165) is 6.42 Å². The van der Waals surface area contributed by atoms with Crippen molar-refractivity contribution in [3.8, 4) is 5.75 Å². The van der Waals surface area contributed by atoms with Gasteiger partial charge in [-0.25, -0.2) is 0 Å². The number of amides is 1. The van der Waals surface area contributed by atoms with E-state index in [2.05, 4.69) is 0 Å². The van der Waals surface area contributed by atoms with Crippen LogP contribution in [0.4, 0.5) is 5.69 Å². The fraction of sp³-hybridized carbons (Fsp3) is 0.417. The number of halogens is 1. The van der Waals surface area contributed by atoms with Gasteiger partial charge in [-0.2, -0.15) is 0 Å². The first-order valence-electron chi connectivity index (χ1n) is 5.90. The minimum absolute atomic E-state index is 0. The molecule has 0 saturated carbocycles. The van der Waals surface area contributed by atoms with Crippen molar-refractivity contribution in [3.63, 3.8) is 0 Å². The zero-order valence-electron chi connectivity index (χ0n) is 10.9. The van der Waals surface area contributed by atoms with Crippen molar-refractivity contribution in [1.29, 1.82) is 0 Å². The lowest BCUT2D eigenvalue weighted by Crippen LogP contribution is -2.31. The lowest BCUT2D eigenvalue weighted by molar-refractivity contribution is -0.385. The largest absolute Gasteiger partial charge is 0.490 e. The minimum atomic E-state index is -0.564. The van der Waals surface area contributed by atoms with Gasteiger partial charge >= 0.3 is 5.69 Å². The second kappa shape index (κ2) is 6.53. The van der Waals surface area contributed by atoms with E-state index in [9.17, 15) is 14.9 Å². The van der Waals surface area contributed by atoms with Gasteiger partial charge < -0.3 is 15.4 Å². The lowest BCUT2D eigenvalue weighted by Gasteiger charge is -2.15. The Labute approximate surface area is 122 Å². The van der Waals surface area contributed by atoms with E-state index >= 15 is 0 Å². The van der Waals surface area contributed by atoms with Crippen molar-refractivity contribution in [3.05, 3.63) is 33.9 Å². The molecule has 2 rings (SSSR count). The Morgan fingerprint density at radius 1 is 1.55 bits per heavy atom. The van der Waals surface area contributed by atoms with Crippen molar-refractivity contribution in [2.45, 2.75) is 12.5 Å². The summed E-state index contributed by atoms with van der Waals surface area (Å²) in [5.41, 5.74) is 5.81. The third-order valence-corrected chi connectivity index (χ3v) is 3.13. The number of nitrogens with two attached hydrogens (primary N) is 1. The highest BCUT2D eigenvalue weighted by molar-refractivity contribution is 5.95. The van der Waals surface area contributed by atoms with Gasteiger partial charge in [0, 0.05) is 30.8 Å². The fourth-order valence-corrected chi connectivity index (χ4v) is 2.12. The number of nitro groups is 1. The molecule has 2 N–H and O–H groups in total. The number of nitro benzene ring substituents is 1. The molecule has 0 radical (unpaired) electrons. The number of hydrogen-bond acceptors (Lipinski definition) is 5. The monoisotopic (exact) mass is 301 g/mol. The second-order valence-electron chi connectivity index (χ2n) is 4.44. The quantitative estimate of drug-likeness (QED) is 0.668. The number of hydrogen-bond donors (Lipinski definition) is 1. The normalized spacial score (nSPS) is 17.5. The Kier molecular flexibility index (Phi) is 5.29. The molecule has 1 amide bonds. The molecule has 1 fully saturated rings. The Morgan fingerprint density at radius 2 is 2.25 bits per heavy atom. The van der Waals surface area contributed by atoms with Crippen molar-refractivity contribution in [1.82, 2.24) is 4.90 Å². The molecule has 110 valence electrons. The molecular formula is C12H16ClN3O4. The van der Waals surface area contributed by atoms with E-state index in [4.69, 9.17) is 10.5 Å². The van der Waals surface area contributed by atoms with Gasteiger partial charge in [-0.15, -0.1) is 12.4 Å². The van der Waals surface area contributed by atoms with E-state index in [-0.39, 0.29) is 41.4 Å². The van der Waals surface area contributed by atoms with Gasteiger partial charge in [-0.05, 0) is 18.6 Å². The molecule has 0 unspecified atom stereocenters. The van der Waals surface area contributed by atoms with Crippen LogP contribution in [-0.2, 0) is 0 Å². The maximum absolute atomic E-state index is 12.2.